The molecule has 0 spiro atoms. The van der Waals surface area contributed by atoms with Gasteiger partial charge in [0.1, 0.15) is 0 Å². The van der Waals surface area contributed by atoms with E-state index in [1.165, 1.54) is 0 Å². The molecule has 0 saturated heterocycles. The second-order valence-electron chi connectivity index (χ2n) is 10.1. The Morgan fingerprint density at radius 2 is 1.84 bits per heavy atom. The third kappa shape index (κ3) is 7.63. The molecule has 0 radical (unpaired) electrons. The highest BCUT2D eigenvalue weighted by molar-refractivity contribution is 6.31. The van der Waals surface area contributed by atoms with E-state index in [-0.39, 0.29) is 17.7 Å². The average molecular weight is 525 g/mol. The quantitative estimate of drug-likeness (QED) is 0.248. The van der Waals surface area contributed by atoms with Crippen molar-refractivity contribution in [1.82, 2.24) is 5.32 Å². The maximum Gasteiger partial charge on any atom is 0.335 e. The van der Waals surface area contributed by atoms with Gasteiger partial charge in [0.25, 0.3) is 0 Å². The average Bonchev–Trinajstić information content (AvgIpc) is 2.87. The standard InChI is InChI=1S/C30H37ClN2O4/c1-19-25(29(35)36)11-12-26(22-8-6-5-7-9-22)28(19)20(2)37-18-24(34)17-33-30(3,4)15-21-10-13-27(31)23(14-21)16-32/h5-14,20,24,33-34H,15-18,32H2,1-4H3,(H,35,36)/t20?,24-/m1/s1. The lowest BCUT2D eigenvalue weighted by Crippen LogP contribution is -2.46. The van der Waals surface area contributed by atoms with Gasteiger partial charge < -0.3 is 26.0 Å². The largest absolute Gasteiger partial charge is 0.478 e. The lowest BCUT2D eigenvalue weighted by molar-refractivity contribution is -0.00422. The van der Waals surface area contributed by atoms with E-state index >= 15 is 0 Å². The summed E-state index contributed by atoms with van der Waals surface area (Å²) in [4.78, 5) is 11.8. The number of aliphatic hydroxyl groups is 1. The van der Waals surface area contributed by atoms with Crippen molar-refractivity contribution in [3.63, 3.8) is 0 Å². The summed E-state index contributed by atoms with van der Waals surface area (Å²) in [6.45, 7) is 8.68. The van der Waals surface area contributed by atoms with Crippen LogP contribution >= 0.6 is 11.6 Å². The first kappa shape index (κ1) is 28.8. The van der Waals surface area contributed by atoms with Gasteiger partial charge >= 0.3 is 5.97 Å². The number of nitrogens with one attached hydrogen (secondary N) is 1. The third-order valence-corrected chi connectivity index (χ3v) is 6.94. The van der Waals surface area contributed by atoms with Crippen LogP contribution in [0.25, 0.3) is 11.1 Å². The minimum absolute atomic E-state index is 0.105. The van der Waals surface area contributed by atoms with E-state index in [9.17, 15) is 15.0 Å². The second kappa shape index (κ2) is 12.7. The highest BCUT2D eigenvalue weighted by Crippen LogP contribution is 2.34. The summed E-state index contributed by atoms with van der Waals surface area (Å²) in [7, 11) is 0. The number of carbonyl (C=O) groups is 1. The number of nitrogens with two attached hydrogens (primary N) is 1. The number of β-amino-alcohol motifs (C(OH)–C–C–N with tert-alkyl or cyclic N) is 1. The van der Waals surface area contributed by atoms with Crippen LogP contribution in [0.2, 0.25) is 5.02 Å². The van der Waals surface area contributed by atoms with Crippen molar-refractivity contribution in [3.05, 3.63) is 93.5 Å². The molecule has 0 heterocycles. The molecule has 3 aromatic rings. The van der Waals surface area contributed by atoms with Gasteiger partial charge in [0.15, 0.2) is 0 Å². The summed E-state index contributed by atoms with van der Waals surface area (Å²) in [5.41, 5.74) is 11.1. The number of ether oxygens (including phenoxy) is 1. The molecule has 0 saturated carbocycles. The number of halogens is 1. The van der Waals surface area contributed by atoms with E-state index in [4.69, 9.17) is 22.1 Å². The Morgan fingerprint density at radius 3 is 2.49 bits per heavy atom. The minimum atomic E-state index is -0.976. The van der Waals surface area contributed by atoms with E-state index < -0.39 is 18.2 Å². The molecule has 0 aliphatic carbocycles. The van der Waals surface area contributed by atoms with Crippen molar-refractivity contribution in [2.24, 2.45) is 5.73 Å². The molecule has 7 heteroatoms. The maximum absolute atomic E-state index is 11.8. The molecule has 198 valence electrons. The lowest BCUT2D eigenvalue weighted by Gasteiger charge is -2.29. The normalized spacial score (nSPS) is 13.4. The van der Waals surface area contributed by atoms with Crippen molar-refractivity contribution in [3.8, 4) is 11.1 Å². The van der Waals surface area contributed by atoms with E-state index in [1.54, 1.807) is 13.0 Å². The summed E-state index contributed by atoms with van der Waals surface area (Å²) in [6.07, 6.45) is -0.418. The smallest absolute Gasteiger partial charge is 0.335 e. The zero-order valence-electron chi connectivity index (χ0n) is 21.9. The van der Waals surface area contributed by atoms with Crippen molar-refractivity contribution in [1.29, 1.82) is 0 Å². The van der Waals surface area contributed by atoms with Gasteiger partial charge in [-0.05, 0) is 79.6 Å². The fraction of sp³-hybridized carbons (Fsp3) is 0.367. The Kier molecular flexibility index (Phi) is 9.87. The first-order valence-corrected chi connectivity index (χ1v) is 12.8. The number of carboxylic acid groups (broad SMARTS) is 1. The van der Waals surface area contributed by atoms with Crippen LogP contribution < -0.4 is 11.1 Å². The molecule has 3 aromatic carbocycles. The fourth-order valence-corrected chi connectivity index (χ4v) is 4.81. The van der Waals surface area contributed by atoms with E-state index in [1.807, 2.05) is 61.5 Å². The van der Waals surface area contributed by atoms with Crippen LogP contribution in [-0.4, -0.2) is 41.0 Å². The van der Waals surface area contributed by atoms with Crippen molar-refractivity contribution < 1.29 is 19.7 Å². The first-order chi connectivity index (χ1) is 17.5. The molecule has 5 N–H and O–H groups in total. The van der Waals surface area contributed by atoms with Crippen molar-refractivity contribution in [2.75, 3.05) is 13.2 Å². The minimum Gasteiger partial charge on any atom is -0.478 e. The summed E-state index contributed by atoms with van der Waals surface area (Å²) in [6, 6.07) is 19.2. The second-order valence-corrected chi connectivity index (χ2v) is 10.5. The van der Waals surface area contributed by atoms with Crippen LogP contribution in [0.4, 0.5) is 0 Å². The predicted molar refractivity (Wildman–Crippen MR) is 149 cm³/mol. The molecule has 0 aromatic heterocycles. The molecule has 0 fully saturated rings. The van der Waals surface area contributed by atoms with Crippen LogP contribution in [0.5, 0.6) is 0 Å². The molecule has 6 nitrogen and oxygen atoms in total. The fourth-order valence-electron chi connectivity index (χ4n) is 4.61. The predicted octanol–water partition coefficient (Wildman–Crippen LogP) is 5.52. The van der Waals surface area contributed by atoms with Gasteiger partial charge in [0.2, 0.25) is 0 Å². The van der Waals surface area contributed by atoms with Gasteiger partial charge in [0, 0.05) is 23.7 Å². The Morgan fingerprint density at radius 1 is 1.14 bits per heavy atom. The zero-order valence-corrected chi connectivity index (χ0v) is 22.7. The molecule has 0 bridgehead atoms. The Bertz CT molecular complexity index is 1210. The molecule has 1 unspecified atom stereocenters. The molecule has 0 amide bonds. The van der Waals surface area contributed by atoms with Gasteiger partial charge in [-0.1, -0.05) is 60.1 Å². The molecule has 0 aliphatic heterocycles. The topological polar surface area (TPSA) is 105 Å². The number of hydrogen-bond donors (Lipinski definition) is 4. The van der Waals surface area contributed by atoms with Crippen LogP contribution in [0.1, 0.15) is 59.5 Å². The molecular formula is C30H37ClN2O4. The maximum atomic E-state index is 11.8. The highest BCUT2D eigenvalue weighted by atomic mass is 35.5. The number of benzene rings is 3. The van der Waals surface area contributed by atoms with Crippen molar-refractivity contribution >= 4 is 17.6 Å². The number of aliphatic hydroxyl groups excluding tert-OH is 1. The van der Waals surface area contributed by atoms with Crippen LogP contribution in [0.3, 0.4) is 0 Å². The Labute approximate surface area is 224 Å². The monoisotopic (exact) mass is 524 g/mol. The SMILES string of the molecule is Cc1c(C(=O)O)ccc(-c2ccccc2)c1C(C)OC[C@H](O)CNC(C)(C)Cc1ccc(Cl)c(CN)c1. The van der Waals surface area contributed by atoms with E-state index in [0.29, 0.717) is 23.7 Å². The summed E-state index contributed by atoms with van der Waals surface area (Å²) in [5, 5.41) is 24.4. The summed E-state index contributed by atoms with van der Waals surface area (Å²) in [5.74, 6) is -0.976. The van der Waals surface area contributed by atoms with E-state index in [2.05, 4.69) is 19.2 Å². The van der Waals surface area contributed by atoms with Gasteiger partial charge in [0.05, 0.1) is 24.4 Å². The first-order valence-electron chi connectivity index (χ1n) is 12.5. The van der Waals surface area contributed by atoms with Gasteiger partial charge in [-0.2, -0.15) is 0 Å². The van der Waals surface area contributed by atoms with Gasteiger partial charge in [-0.25, -0.2) is 4.79 Å². The highest BCUT2D eigenvalue weighted by Gasteiger charge is 2.23. The van der Waals surface area contributed by atoms with Crippen LogP contribution in [-0.2, 0) is 17.7 Å². The van der Waals surface area contributed by atoms with Crippen LogP contribution in [0, 0.1) is 6.92 Å². The summed E-state index contributed by atoms with van der Waals surface area (Å²) < 4.78 is 6.08. The number of aromatic carboxylic acids is 1. The molecule has 37 heavy (non-hydrogen) atoms. The molecule has 0 aliphatic rings. The summed E-state index contributed by atoms with van der Waals surface area (Å²) >= 11 is 6.18. The molecular weight excluding hydrogens is 488 g/mol. The lowest BCUT2D eigenvalue weighted by atomic mass is 9.90. The van der Waals surface area contributed by atoms with Gasteiger partial charge in [-0.3, -0.25) is 0 Å². The Hall–Kier alpha value is -2.74. The van der Waals surface area contributed by atoms with Crippen LogP contribution in [0.15, 0.2) is 60.7 Å². The number of rotatable bonds is 12. The third-order valence-electron chi connectivity index (χ3n) is 6.57. The zero-order chi connectivity index (χ0) is 27.2. The Balaban J connectivity index is 1.65. The number of hydrogen-bond acceptors (Lipinski definition) is 5. The molecule has 3 rings (SSSR count). The van der Waals surface area contributed by atoms with Gasteiger partial charge in [-0.15, -0.1) is 0 Å². The number of carboxylic acids is 1. The van der Waals surface area contributed by atoms with E-state index in [0.717, 1.165) is 34.2 Å². The molecule has 2 atom stereocenters. The van der Waals surface area contributed by atoms with Crippen molar-refractivity contribution in [2.45, 2.75) is 58.4 Å².